The van der Waals surface area contributed by atoms with E-state index in [0.717, 1.165) is 35.9 Å². The van der Waals surface area contributed by atoms with Crippen LogP contribution >= 0.6 is 11.8 Å². The Bertz CT molecular complexity index is 1150. The first-order valence-electron chi connectivity index (χ1n) is 9.71. The lowest BCUT2D eigenvalue weighted by Crippen LogP contribution is -2.03. The largest absolute Gasteiger partial charge is 0.271 e. The van der Waals surface area contributed by atoms with Gasteiger partial charge in [-0.1, -0.05) is 73.6 Å². The van der Waals surface area contributed by atoms with Crippen LogP contribution in [-0.4, -0.2) is 19.5 Å². The predicted molar refractivity (Wildman–Crippen MR) is 116 cm³/mol. The van der Waals surface area contributed by atoms with Gasteiger partial charge in [0.25, 0.3) is 0 Å². The molecule has 6 heteroatoms. The lowest BCUT2D eigenvalue weighted by Gasteiger charge is -2.09. The average Bonchev–Trinajstić information content (AvgIpc) is 3.15. The number of benzene rings is 2. The molecule has 29 heavy (non-hydrogen) atoms. The zero-order chi connectivity index (χ0) is 20.1. The Balaban J connectivity index is 1.84. The van der Waals surface area contributed by atoms with E-state index in [1.165, 1.54) is 5.56 Å². The van der Waals surface area contributed by atoms with Crippen LogP contribution in [0.5, 0.6) is 0 Å². The molecule has 144 valence electrons. The summed E-state index contributed by atoms with van der Waals surface area (Å²) in [6, 6.07) is 22.6. The van der Waals surface area contributed by atoms with Crippen molar-refractivity contribution in [2.45, 2.75) is 37.1 Å². The zero-order valence-corrected chi connectivity index (χ0v) is 17.1. The number of rotatable bonds is 7. The zero-order valence-electron chi connectivity index (χ0n) is 16.2. The van der Waals surface area contributed by atoms with Gasteiger partial charge >= 0.3 is 0 Å². The van der Waals surface area contributed by atoms with E-state index >= 15 is 0 Å². The summed E-state index contributed by atoms with van der Waals surface area (Å²) in [4.78, 5) is 14.0. The SMILES string of the molecule is CCCCc1nc(C#N)c2nc(SCc3ccccc3)n(-c3ccccc3)c2n1. The molecule has 4 rings (SSSR count). The van der Waals surface area contributed by atoms with Gasteiger partial charge < -0.3 is 0 Å². The third-order valence-corrected chi connectivity index (χ3v) is 5.62. The van der Waals surface area contributed by atoms with Gasteiger partial charge in [-0.25, -0.2) is 15.0 Å². The third kappa shape index (κ3) is 4.15. The Kier molecular flexibility index (Phi) is 5.87. The molecular weight excluding hydrogens is 378 g/mol. The highest BCUT2D eigenvalue weighted by atomic mass is 32.2. The second-order valence-corrected chi connectivity index (χ2v) is 7.66. The van der Waals surface area contributed by atoms with E-state index in [1.807, 2.05) is 53.1 Å². The van der Waals surface area contributed by atoms with Gasteiger partial charge in [0.1, 0.15) is 17.4 Å². The van der Waals surface area contributed by atoms with E-state index in [2.05, 4.69) is 30.1 Å². The number of aryl methyl sites for hydroxylation is 1. The maximum atomic E-state index is 9.67. The molecule has 0 amide bonds. The van der Waals surface area contributed by atoms with Crippen molar-refractivity contribution in [2.24, 2.45) is 0 Å². The average molecular weight is 400 g/mol. The predicted octanol–water partition coefficient (Wildman–Crippen LogP) is 5.32. The number of para-hydroxylation sites is 1. The number of nitriles is 1. The second kappa shape index (κ2) is 8.89. The maximum absolute atomic E-state index is 9.67. The Morgan fingerprint density at radius 2 is 1.69 bits per heavy atom. The minimum Gasteiger partial charge on any atom is -0.271 e. The van der Waals surface area contributed by atoms with Gasteiger partial charge in [-0.15, -0.1) is 0 Å². The standard InChI is InChI=1S/C23H21N5S/c1-2-3-14-20-25-19(15-24)21-22(26-20)28(18-12-8-5-9-13-18)23(27-21)29-16-17-10-6-4-7-11-17/h4-13H,2-3,14,16H2,1H3. The molecule has 4 aromatic rings. The molecule has 0 atom stereocenters. The minimum absolute atomic E-state index is 0.345. The molecule has 0 saturated heterocycles. The van der Waals surface area contributed by atoms with Gasteiger partial charge in [-0.3, -0.25) is 4.57 Å². The minimum atomic E-state index is 0.345. The van der Waals surface area contributed by atoms with Gasteiger partial charge in [0, 0.05) is 17.9 Å². The molecule has 0 spiro atoms. The van der Waals surface area contributed by atoms with Crippen LogP contribution in [0.4, 0.5) is 0 Å². The Hall–Kier alpha value is -3.17. The summed E-state index contributed by atoms with van der Waals surface area (Å²) in [6.07, 6.45) is 2.80. The van der Waals surface area contributed by atoms with Crippen LogP contribution in [0.2, 0.25) is 0 Å². The molecule has 0 N–H and O–H groups in total. The van der Waals surface area contributed by atoms with Crippen molar-refractivity contribution in [2.75, 3.05) is 0 Å². The van der Waals surface area contributed by atoms with Crippen molar-refractivity contribution in [3.8, 4) is 11.8 Å². The van der Waals surface area contributed by atoms with Crippen molar-refractivity contribution >= 4 is 22.9 Å². The smallest absolute Gasteiger partial charge is 0.175 e. The van der Waals surface area contributed by atoms with Gasteiger partial charge in [0.2, 0.25) is 0 Å². The lowest BCUT2D eigenvalue weighted by molar-refractivity contribution is 0.752. The molecule has 5 nitrogen and oxygen atoms in total. The van der Waals surface area contributed by atoms with E-state index in [4.69, 9.17) is 9.97 Å². The number of imidazole rings is 1. The van der Waals surface area contributed by atoms with E-state index in [9.17, 15) is 5.26 Å². The molecule has 0 unspecified atom stereocenters. The lowest BCUT2D eigenvalue weighted by atomic mass is 10.2. The van der Waals surface area contributed by atoms with Crippen LogP contribution in [0.1, 0.15) is 36.8 Å². The fourth-order valence-electron chi connectivity index (χ4n) is 3.14. The molecule has 2 aromatic heterocycles. The Morgan fingerprint density at radius 1 is 0.966 bits per heavy atom. The summed E-state index contributed by atoms with van der Waals surface area (Å²) in [6.45, 7) is 2.14. The third-order valence-electron chi connectivity index (χ3n) is 4.61. The number of unbranched alkanes of at least 4 members (excludes halogenated alkanes) is 1. The summed E-state index contributed by atoms with van der Waals surface area (Å²) in [5.41, 5.74) is 3.81. The van der Waals surface area contributed by atoms with Crippen molar-refractivity contribution < 1.29 is 0 Å². The first kappa shape index (κ1) is 19.2. The first-order valence-corrected chi connectivity index (χ1v) is 10.7. The molecule has 0 aliphatic rings. The van der Waals surface area contributed by atoms with Crippen LogP contribution in [0, 0.1) is 11.3 Å². The fourth-order valence-corrected chi connectivity index (χ4v) is 4.10. The Morgan fingerprint density at radius 3 is 2.38 bits per heavy atom. The molecule has 0 saturated carbocycles. The monoisotopic (exact) mass is 399 g/mol. The molecule has 0 bridgehead atoms. The number of fused-ring (bicyclic) bond motifs is 1. The van der Waals surface area contributed by atoms with Crippen LogP contribution in [0.15, 0.2) is 65.8 Å². The summed E-state index contributed by atoms with van der Waals surface area (Å²) < 4.78 is 2.04. The molecule has 2 aromatic carbocycles. The van der Waals surface area contributed by atoms with E-state index in [-0.39, 0.29) is 0 Å². The fraction of sp³-hybridized carbons (Fsp3) is 0.217. The number of thioether (sulfide) groups is 1. The van der Waals surface area contributed by atoms with Crippen molar-refractivity contribution in [3.05, 3.63) is 77.7 Å². The highest BCUT2D eigenvalue weighted by Gasteiger charge is 2.19. The topological polar surface area (TPSA) is 67.4 Å². The summed E-state index contributed by atoms with van der Waals surface area (Å²) in [5.74, 6) is 1.49. The normalized spacial score (nSPS) is 10.9. The molecule has 0 radical (unpaired) electrons. The number of aromatic nitrogens is 4. The van der Waals surface area contributed by atoms with Crippen LogP contribution in [-0.2, 0) is 12.2 Å². The van der Waals surface area contributed by atoms with Gasteiger partial charge in [0.05, 0.1) is 0 Å². The molecular formula is C23H21N5S. The highest BCUT2D eigenvalue weighted by molar-refractivity contribution is 7.98. The number of hydrogen-bond acceptors (Lipinski definition) is 5. The quantitative estimate of drug-likeness (QED) is 0.393. The summed E-state index contributed by atoms with van der Waals surface area (Å²) in [5, 5.41) is 10.5. The van der Waals surface area contributed by atoms with Gasteiger partial charge in [-0.2, -0.15) is 5.26 Å². The summed E-state index contributed by atoms with van der Waals surface area (Å²) >= 11 is 1.64. The van der Waals surface area contributed by atoms with Gasteiger partial charge in [-0.05, 0) is 24.1 Å². The maximum Gasteiger partial charge on any atom is 0.175 e. The van der Waals surface area contributed by atoms with Gasteiger partial charge in [0.15, 0.2) is 16.5 Å². The van der Waals surface area contributed by atoms with Crippen LogP contribution in [0.25, 0.3) is 16.9 Å². The van der Waals surface area contributed by atoms with Crippen LogP contribution < -0.4 is 0 Å². The molecule has 0 aliphatic carbocycles. The second-order valence-electron chi connectivity index (χ2n) is 6.72. The molecule has 0 fully saturated rings. The van der Waals surface area contributed by atoms with Crippen LogP contribution in [0.3, 0.4) is 0 Å². The van der Waals surface area contributed by atoms with E-state index in [1.54, 1.807) is 11.8 Å². The van der Waals surface area contributed by atoms with Crippen molar-refractivity contribution in [1.82, 2.24) is 19.5 Å². The van der Waals surface area contributed by atoms with E-state index in [0.29, 0.717) is 22.7 Å². The summed E-state index contributed by atoms with van der Waals surface area (Å²) in [7, 11) is 0. The molecule has 2 heterocycles. The van der Waals surface area contributed by atoms with E-state index < -0.39 is 0 Å². The van der Waals surface area contributed by atoms with Crippen molar-refractivity contribution in [1.29, 1.82) is 5.26 Å². The molecule has 0 aliphatic heterocycles. The number of nitrogens with zero attached hydrogens (tertiary/aromatic N) is 5. The first-order chi connectivity index (χ1) is 14.3. The van der Waals surface area contributed by atoms with Crippen molar-refractivity contribution in [3.63, 3.8) is 0 Å². The Labute approximate surface area is 174 Å². The highest BCUT2D eigenvalue weighted by Crippen LogP contribution is 2.30. The number of hydrogen-bond donors (Lipinski definition) is 0.